The fourth-order valence-electron chi connectivity index (χ4n) is 3.30. The number of carbonyl (C=O) groups excluding carboxylic acids is 1. The fourth-order valence-corrected chi connectivity index (χ4v) is 3.49. The summed E-state index contributed by atoms with van der Waals surface area (Å²) in [6.07, 6.45) is 2.69. The molecule has 5 nitrogen and oxygen atoms in total. The molecule has 0 atom stereocenters. The molecule has 6 heteroatoms. The van der Waals surface area contributed by atoms with Gasteiger partial charge < -0.3 is 9.73 Å². The number of aryl methyl sites for hydroxylation is 1. The predicted octanol–water partition coefficient (Wildman–Crippen LogP) is 3.84. The Labute approximate surface area is 159 Å². The van der Waals surface area contributed by atoms with Crippen LogP contribution >= 0.6 is 11.6 Å². The highest BCUT2D eigenvalue weighted by atomic mass is 35.5. The average Bonchev–Trinajstić information content (AvgIpc) is 3.24. The molecule has 1 aromatic heterocycles. The molecule has 0 aliphatic carbocycles. The second-order valence-electron chi connectivity index (χ2n) is 7.49. The molecule has 26 heavy (non-hydrogen) atoms. The van der Waals surface area contributed by atoms with Crippen molar-refractivity contribution < 1.29 is 9.21 Å². The highest BCUT2D eigenvalue weighted by Crippen LogP contribution is 2.24. The number of aromatic nitrogens is 1. The second-order valence-corrected chi connectivity index (χ2v) is 7.93. The summed E-state index contributed by atoms with van der Waals surface area (Å²) in [7, 11) is 0. The van der Waals surface area contributed by atoms with Crippen molar-refractivity contribution in [3.63, 3.8) is 0 Å². The number of amides is 1. The third-order valence-corrected chi connectivity index (χ3v) is 5.21. The molecule has 0 spiro atoms. The molecule has 1 aliphatic heterocycles. The van der Waals surface area contributed by atoms with Crippen LogP contribution in [-0.2, 0) is 11.2 Å². The number of rotatable bonds is 6. The van der Waals surface area contributed by atoms with Crippen LogP contribution in [0.15, 0.2) is 28.7 Å². The molecule has 2 heterocycles. The zero-order valence-electron chi connectivity index (χ0n) is 15.6. The summed E-state index contributed by atoms with van der Waals surface area (Å²) < 4.78 is 5.73. The molecule has 1 amide bonds. The van der Waals surface area contributed by atoms with Crippen LogP contribution in [0.4, 0.5) is 0 Å². The van der Waals surface area contributed by atoms with Crippen LogP contribution in [-0.4, -0.2) is 41.0 Å². The number of carbonyl (C=O) groups is 1. The second kappa shape index (κ2) is 7.80. The van der Waals surface area contributed by atoms with Gasteiger partial charge in [-0.1, -0.05) is 17.7 Å². The van der Waals surface area contributed by atoms with Gasteiger partial charge >= 0.3 is 0 Å². The van der Waals surface area contributed by atoms with Crippen molar-refractivity contribution in [2.24, 2.45) is 0 Å². The SMILES string of the molecule is Cc1oc(-c2cccc(Cl)c2)nc1CC(=O)NCC(C)(C)N1CCCC1. The number of benzene rings is 1. The lowest BCUT2D eigenvalue weighted by atomic mass is 10.0. The largest absolute Gasteiger partial charge is 0.441 e. The Balaban J connectivity index is 1.61. The van der Waals surface area contributed by atoms with Gasteiger partial charge in [0.2, 0.25) is 11.8 Å². The van der Waals surface area contributed by atoms with Gasteiger partial charge in [0, 0.05) is 22.7 Å². The molecule has 3 rings (SSSR count). The third-order valence-electron chi connectivity index (χ3n) is 4.97. The normalized spacial score (nSPS) is 15.4. The number of halogens is 1. The maximum absolute atomic E-state index is 12.4. The van der Waals surface area contributed by atoms with Crippen LogP contribution in [0.1, 0.15) is 38.1 Å². The molecule has 2 aromatic rings. The molecule has 1 aromatic carbocycles. The molecule has 0 bridgehead atoms. The van der Waals surface area contributed by atoms with Gasteiger partial charge in [0.1, 0.15) is 5.76 Å². The van der Waals surface area contributed by atoms with Gasteiger partial charge in [-0.15, -0.1) is 0 Å². The standard InChI is InChI=1S/C20H26ClN3O2/c1-14-17(23-19(26-14)15-7-6-8-16(21)11-15)12-18(25)22-13-20(2,3)24-9-4-5-10-24/h6-8,11H,4-5,9-10,12-13H2,1-3H3,(H,22,25). The number of oxazole rings is 1. The van der Waals surface area contributed by atoms with E-state index in [4.69, 9.17) is 16.0 Å². The van der Waals surface area contributed by atoms with Crippen LogP contribution < -0.4 is 5.32 Å². The molecule has 140 valence electrons. The predicted molar refractivity (Wildman–Crippen MR) is 103 cm³/mol. The van der Waals surface area contributed by atoms with E-state index in [1.807, 2.05) is 19.1 Å². The average molecular weight is 376 g/mol. The maximum Gasteiger partial charge on any atom is 0.226 e. The fraction of sp³-hybridized carbons (Fsp3) is 0.500. The Bertz CT molecular complexity index is 779. The summed E-state index contributed by atoms with van der Waals surface area (Å²) in [5.41, 5.74) is 1.44. The summed E-state index contributed by atoms with van der Waals surface area (Å²) >= 11 is 6.03. The van der Waals surface area contributed by atoms with Crippen LogP contribution in [0.5, 0.6) is 0 Å². The number of hydrogen-bond donors (Lipinski definition) is 1. The minimum atomic E-state index is -0.0358. The molecule has 0 unspecified atom stereocenters. The van der Waals surface area contributed by atoms with Crippen molar-refractivity contribution in [2.75, 3.05) is 19.6 Å². The van der Waals surface area contributed by atoms with Crippen molar-refractivity contribution in [2.45, 2.75) is 45.6 Å². The Kier molecular flexibility index (Phi) is 5.68. The first-order chi connectivity index (χ1) is 12.3. The molecule has 1 aliphatic rings. The van der Waals surface area contributed by atoms with Crippen molar-refractivity contribution >= 4 is 17.5 Å². The summed E-state index contributed by atoms with van der Waals surface area (Å²) in [5, 5.41) is 3.68. The lowest BCUT2D eigenvalue weighted by Gasteiger charge is -2.35. The van der Waals surface area contributed by atoms with Crippen molar-refractivity contribution in [1.82, 2.24) is 15.2 Å². The van der Waals surface area contributed by atoms with Crippen LogP contribution in [0.3, 0.4) is 0 Å². The van der Waals surface area contributed by atoms with Crippen molar-refractivity contribution in [1.29, 1.82) is 0 Å². The van der Waals surface area contributed by atoms with Gasteiger partial charge in [-0.2, -0.15) is 0 Å². The molecular weight excluding hydrogens is 350 g/mol. The minimum absolute atomic E-state index is 0.0308. The van der Waals surface area contributed by atoms with E-state index in [0.717, 1.165) is 18.7 Å². The highest BCUT2D eigenvalue weighted by molar-refractivity contribution is 6.30. The number of likely N-dealkylation sites (tertiary alicyclic amines) is 1. The molecule has 0 radical (unpaired) electrons. The van der Waals surface area contributed by atoms with E-state index in [2.05, 4.69) is 29.0 Å². The molecular formula is C20H26ClN3O2. The van der Waals surface area contributed by atoms with Crippen molar-refractivity contribution in [3.05, 3.63) is 40.7 Å². The summed E-state index contributed by atoms with van der Waals surface area (Å²) in [5.74, 6) is 1.12. The summed E-state index contributed by atoms with van der Waals surface area (Å²) in [6.45, 7) is 9.03. The summed E-state index contributed by atoms with van der Waals surface area (Å²) in [6, 6.07) is 7.34. The first kappa shape index (κ1) is 18.9. The molecule has 0 saturated carbocycles. The Hall–Kier alpha value is -1.85. The zero-order chi connectivity index (χ0) is 18.7. The van der Waals surface area contributed by atoms with Crippen LogP contribution in [0, 0.1) is 6.92 Å². The van der Waals surface area contributed by atoms with Gasteiger partial charge in [0.15, 0.2) is 0 Å². The number of nitrogens with zero attached hydrogens (tertiary/aromatic N) is 2. The smallest absolute Gasteiger partial charge is 0.226 e. The van der Waals surface area contributed by atoms with E-state index in [-0.39, 0.29) is 17.9 Å². The highest BCUT2D eigenvalue weighted by Gasteiger charge is 2.29. The van der Waals surface area contributed by atoms with Crippen LogP contribution in [0.2, 0.25) is 5.02 Å². The van der Waals surface area contributed by atoms with E-state index in [1.165, 1.54) is 12.8 Å². The first-order valence-corrected chi connectivity index (χ1v) is 9.47. The van der Waals surface area contributed by atoms with E-state index in [9.17, 15) is 4.79 Å². The number of nitrogens with one attached hydrogen (secondary N) is 1. The lowest BCUT2D eigenvalue weighted by molar-refractivity contribution is -0.121. The van der Waals surface area contributed by atoms with Crippen LogP contribution in [0.25, 0.3) is 11.5 Å². The quantitative estimate of drug-likeness (QED) is 0.833. The van der Waals surface area contributed by atoms with Gasteiger partial charge in [0.25, 0.3) is 0 Å². The zero-order valence-corrected chi connectivity index (χ0v) is 16.4. The monoisotopic (exact) mass is 375 g/mol. The van der Waals surface area contributed by atoms with E-state index in [1.54, 1.807) is 12.1 Å². The summed E-state index contributed by atoms with van der Waals surface area (Å²) in [4.78, 5) is 19.3. The van der Waals surface area contributed by atoms with Crippen molar-refractivity contribution in [3.8, 4) is 11.5 Å². The Morgan fingerprint density at radius 1 is 1.35 bits per heavy atom. The van der Waals surface area contributed by atoms with E-state index in [0.29, 0.717) is 28.9 Å². The topological polar surface area (TPSA) is 58.4 Å². The maximum atomic E-state index is 12.4. The minimum Gasteiger partial charge on any atom is -0.441 e. The van der Waals surface area contributed by atoms with Gasteiger partial charge in [0.05, 0.1) is 12.1 Å². The Morgan fingerprint density at radius 3 is 2.77 bits per heavy atom. The van der Waals surface area contributed by atoms with Gasteiger partial charge in [-0.05, 0) is 64.9 Å². The van der Waals surface area contributed by atoms with Gasteiger partial charge in [-0.3, -0.25) is 9.69 Å². The number of hydrogen-bond acceptors (Lipinski definition) is 4. The molecule has 1 saturated heterocycles. The first-order valence-electron chi connectivity index (χ1n) is 9.09. The third kappa shape index (κ3) is 4.46. The lowest BCUT2D eigenvalue weighted by Crippen LogP contribution is -2.50. The Morgan fingerprint density at radius 2 is 2.08 bits per heavy atom. The molecule has 1 N–H and O–H groups in total. The van der Waals surface area contributed by atoms with E-state index >= 15 is 0 Å². The molecule has 1 fully saturated rings. The van der Waals surface area contributed by atoms with E-state index < -0.39 is 0 Å². The van der Waals surface area contributed by atoms with Gasteiger partial charge in [-0.25, -0.2) is 4.98 Å².